The summed E-state index contributed by atoms with van der Waals surface area (Å²) in [6, 6.07) is 21.1. The van der Waals surface area contributed by atoms with E-state index in [-0.39, 0.29) is 17.4 Å². The van der Waals surface area contributed by atoms with Crippen molar-refractivity contribution < 1.29 is 14.0 Å². The lowest BCUT2D eigenvalue weighted by Crippen LogP contribution is -2.22. The molecule has 154 valence electrons. The van der Waals surface area contributed by atoms with Crippen molar-refractivity contribution in [1.29, 1.82) is 0 Å². The molecule has 0 fully saturated rings. The molecule has 3 rings (SSSR count). The van der Waals surface area contributed by atoms with Gasteiger partial charge in [-0.3, -0.25) is 9.59 Å². The molecule has 0 aromatic heterocycles. The van der Waals surface area contributed by atoms with Crippen LogP contribution in [0.4, 0.5) is 10.1 Å². The fraction of sp³-hybridized carbons (Fsp3) is 0.200. The van der Waals surface area contributed by atoms with Crippen LogP contribution in [-0.2, 0) is 17.8 Å². The lowest BCUT2D eigenvalue weighted by molar-refractivity contribution is -0.121. The normalized spacial score (nSPS) is 10.5. The molecule has 0 radical (unpaired) electrons. The third-order valence-corrected chi connectivity index (χ3v) is 4.75. The lowest BCUT2D eigenvalue weighted by atomic mass is 10.1. The van der Waals surface area contributed by atoms with Gasteiger partial charge in [0.25, 0.3) is 5.91 Å². The van der Waals surface area contributed by atoms with Gasteiger partial charge < -0.3 is 10.6 Å². The molecule has 3 aromatic carbocycles. The van der Waals surface area contributed by atoms with Crippen LogP contribution >= 0.6 is 0 Å². The van der Waals surface area contributed by atoms with Gasteiger partial charge in [-0.25, -0.2) is 4.39 Å². The zero-order valence-electron chi connectivity index (χ0n) is 17.0. The predicted molar refractivity (Wildman–Crippen MR) is 117 cm³/mol. The number of amides is 2. The second kappa shape index (κ2) is 10.3. The van der Waals surface area contributed by atoms with Gasteiger partial charge >= 0.3 is 0 Å². The number of anilines is 1. The molecule has 5 heteroatoms. The van der Waals surface area contributed by atoms with Gasteiger partial charge in [-0.1, -0.05) is 48.0 Å². The molecule has 2 N–H and O–H groups in total. The van der Waals surface area contributed by atoms with Crippen molar-refractivity contribution in [3.05, 3.63) is 101 Å². The van der Waals surface area contributed by atoms with E-state index in [0.717, 1.165) is 18.4 Å². The van der Waals surface area contributed by atoms with E-state index >= 15 is 0 Å². The Morgan fingerprint density at radius 3 is 2.43 bits per heavy atom. The minimum Gasteiger partial charge on any atom is -0.352 e. The van der Waals surface area contributed by atoms with Gasteiger partial charge in [-0.2, -0.15) is 0 Å². The van der Waals surface area contributed by atoms with Crippen molar-refractivity contribution >= 4 is 17.5 Å². The molecule has 0 saturated heterocycles. The van der Waals surface area contributed by atoms with Crippen molar-refractivity contribution in [1.82, 2.24) is 5.32 Å². The molecule has 0 atom stereocenters. The van der Waals surface area contributed by atoms with Gasteiger partial charge in [0.05, 0.1) is 0 Å². The van der Waals surface area contributed by atoms with Crippen molar-refractivity contribution in [2.75, 3.05) is 5.32 Å². The number of hydrogen-bond acceptors (Lipinski definition) is 2. The van der Waals surface area contributed by atoms with E-state index in [1.807, 2.05) is 6.07 Å². The molecule has 0 unspecified atom stereocenters. The summed E-state index contributed by atoms with van der Waals surface area (Å²) in [5.41, 5.74) is 4.18. The Balaban J connectivity index is 1.45. The van der Waals surface area contributed by atoms with Crippen LogP contribution in [0, 0.1) is 12.7 Å². The topological polar surface area (TPSA) is 58.2 Å². The van der Waals surface area contributed by atoms with Crippen LogP contribution in [0.3, 0.4) is 0 Å². The van der Waals surface area contributed by atoms with Gasteiger partial charge in [-0.15, -0.1) is 0 Å². The average molecular weight is 404 g/mol. The summed E-state index contributed by atoms with van der Waals surface area (Å²) < 4.78 is 13.3. The van der Waals surface area contributed by atoms with E-state index < -0.39 is 5.82 Å². The van der Waals surface area contributed by atoms with Crippen LogP contribution in [0.1, 0.15) is 39.9 Å². The van der Waals surface area contributed by atoms with Crippen molar-refractivity contribution in [2.24, 2.45) is 0 Å². The first kappa shape index (κ1) is 21.2. The van der Waals surface area contributed by atoms with Gasteiger partial charge in [-0.05, 0) is 61.2 Å². The smallest absolute Gasteiger partial charge is 0.255 e. The highest BCUT2D eigenvalue weighted by atomic mass is 19.1. The van der Waals surface area contributed by atoms with Gasteiger partial charge in [0, 0.05) is 24.2 Å². The lowest BCUT2D eigenvalue weighted by Gasteiger charge is -2.09. The van der Waals surface area contributed by atoms with Crippen LogP contribution in [0.5, 0.6) is 0 Å². The number of benzene rings is 3. The summed E-state index contributed by atoms with van der Waals surface area (Å²) in [6.45, 7) is 2.44. The van der Waals surface area contributed by atoms with Crippen LogP contribution in [0.25, 0.3) is 0 Å². The van der Waals surface area contributed by atoms with Gasteiger partial charge in [0.15, 0.2) is 0 Å². The van der Waals surface area contributed by atoms with Crippen LogP contribution in [-0.4, -0.2) is 11.8 Å². The molecule has 4 nitrogen and oxygen atoms in total. The molecule has 0 heterocycles. The summed E-state index contributed by atoms with van der Waals surface area (Å²) in [5.74, 6) is -0.843. The maximum atomic E-state index is 13.3. The summed E-state index contributed by atoms with van der Waals surface area (Å²) in [7, 11) is 0. The Morgan fingerprint density at radius 2 is 1.67 bits per heavy atom. The molecule has 0 aliphatic heterocycles. The second-order valence-corrected chi connectivity index (χ2v) is 7.28. The summed E-state index contributed by atoms with van der Waals surface area (Å²) >= 11 is 0. The number of carbonyl (C=O) groups excluding carboxylic acids is 2. The molecule has 0 aliphatic carbocycles. The third-order valence-electron chi connectivity index (χ3n) is 4.75. The molecule has 0 aliphatic rings. The number of rotatable bonds is 8. The van der Waals surface area contributed by atoms with Crippen molar-refractivity contribution in [3.8, 4) is 0 Å². The molecule has 3 aromatic rings. The van der Waals surface area contributed by atoms with E-state index in [2.05, 4.69) is 41.8 Å². The first-order chi connectivity index (χ1) is 14.5. The molecule has 30 heavy (non-hydrogen) atoms. The Hall–Kier alpha value is -3.47. The minimum atomic E-state index is -0.457. The first-order valence-electron chi connectivity index (χ1n) is 9.98. The van der Waals surface area contributed by atoms with E-state index in [9.17, 15) is 14.0 Å². The third kappa shape index (κ3) is 6.55. The largest absolute Gasteiger partial charge is 0.352 e. The quantitative estimate of drug-likeness (QED) is 0.553. The Labute approximate surface area is 176 Å². The average Bonchev–Trinajstić information content (AvgIpc) is 2.74. The first-order valence-corrected chi connectivity index (χ1v) is 9.98. The number of halogens is 1. The maximum absolute atomic E-state index is 13.3. The second-order valence-electron chi connectivity index (χ2n) is 7.28. The highest BCUT2D eigenvalue weighted by molar-refractivity contribution is 6.04. The number of carbonyl (C=O) groups is 2. The molecule has 0 spiro atoms. The Bertz CT molecular complexity index is 1020. The number of aryl methyl sites for hydroxylation is 2. The van der Waals surface area contributed by atoms with Gasteiger partial charge in [0.1, 0.15) is 5.82 Å². The Morgan fingerprint density at radius 1 is 0.900 bits per heavy atom. The van der Waals surface area contributed by atoms with Crippen LogP contribution in [0.2, 0.25) is 0 Å². The molecule has 0 saturated carbocycles. The molecule has 0 bridgehead atoms. The molecule has 2 amide bonds. The summed E-state index contributed by atoms with van der Waals surface area (Å²) in [5, 5.41) is 5.66. The standard InChI is InChI=1S/C25H25FN2O2/c1-18-11-13-19(14-12-18)5-3-10-24(29)27-17-20-6-2-9-23(15-20)28-25(30)21-7-4-8-22(26)16-21/h2,4,6-9,11-16H,3,5,10,17H2,1H3,(H,27,29)(H,28,30). The van der Waals surface area contributed by atoms with Crippen molar-refractivity contribution in [2.45, 2.75) is 32.7 Å². The fourth-order valence-electron chi connectivity index (χ4n) is 3.09. The number of hydrogen-bond donors (Lipinski definition) is 2. The number of nitrogens with one attached hydrogen (secondary N) is 2. The maximum Gasteiger partial charge on any atom is 0.255 e. The van der Waals surface area contributed by atoms with Gasteiger partial charge in [0.2, 0.25) is 5.91 Å². The highest BCUT2D eigenvalue weighted by Gasteiger charge is 2.08. The van der Waals surface area contributed by atoms with E-state index in [1.165, 1.54) is 29.3 Å². The monoisotopic (exact) mass is 404 g/mol. The SMILES string of the molecule is Cc1ccc(CCCC(=O)NCc2cccc(NC(=O)c3cccc(F)c3)c2)cc1. The summed E-state index contributed by atoms with van der Waals surface area (Å²) in [6.07, 6.45) is 2.12. The van der Waals surface area contributed by atoms with E-state index in [4.69, 9.17) is 0 Å². The van der Waals surface area contributed by atoms with Crippen molar-refractivity contribution in [3.63, 3.8) is 0 Å². The van der Waals surface area contributed by atoms with Crippen LogP contribution < -0.4 is 10.6 Å². The highest BCUT2D eigenvalue weighted by Crippen LogP contribution is 2.13. The summed E-state index contributed by atoms with van der Waals surface area (Å²) in [4.78, 5) is 24.4. The molecular formula is C25H25FN2O2. The van der Waals surface area contributed by atoms with Crippen LogP contribution in [0.15, 0.2) is 72.8 Å². The Kier molecular flexibility index (Phi) is 7.33. The zero-order chi connectivity index (χ0) is 21.3. The predicted octanol–water partition coefficient (Wildman–Crippen LogP) is 5.03. The van der Waals surface area contributed by atoms with E-state index in [1.54, 1.807) is 24.3 Å². The molecular weight excluding hydrogens is 379 g/mol. The minimum absolute atomic E-state index is 0.00342. The van der Waals surface area contributed by atoms with E-state index in [0.29, 0.717) is 18.7 Å². The fourth-order valence-corrected chi connectivity index (χ4v) is 3.09. The zero-order valence-corrected chi connectivity index (χ0v) is 17.0.